The first-order valence-corrected chi connectivity index (χ1v) is 16.5. The molecule has 43 heavy (non-hydrogen) atoms. The van der Waals surface area contributed by atoms with Gasteiger partial charge in [0, 0.05) is 0 Å². The third-order valence-corrected chi connectivity index (χ3v) is 9.32. The van der Waals surface area contributed by atoms with Crippen molar-refractivity contribution in [3.63, 3.8) is 0 Å². The molecule has 0 aliphatic heterocycles. The van der Waals surface area contributed by atoms with E-state index in [4.69, 9.17) is 9.97 Å². The van der Waals surface area contributed by atoms with Crippen molar-refractivity contribution in [2.24, 2.45) is 0 Å². The molecule has 9 rings (SSSR count). The molecule has 0 fully saturated rings. The Morgan fingerprint density at radius 3 is 1.95 bits per heavy atom. The predicted octanol–water partition coefficient (Wildman–Crippen LogP) is 6.55. The Morgan fingerprint density at radius 1 is 0.558 bits per heavy atom. The van der Waals surface area contributed by atoms with Gasteiger partial charge in [-0.1, -0.05) is 0 Å². The fourth-order valence-corrected chi connectivity index (χ4v) is 7.88. The first-order chi connectivity index (χ1) is 21.2. The van der Waals surface area contributed by atoms with Crippen LogP contribution in [0.5, 0.6) is 0 Å². The van der Waals surface area contributed by atoms with Crippen LogP contribution in [-0.2, 0) is 0 Å². The summed E-state index contributed by atoms with van der Waals surface area (Å²) in [5.41, 5.74) is 9.92. The summed E-state index contributed by atoms with van der Waals surface area (Å²) in [6, 6.07) is 43.2. The van der Waals surface area contributed by atoms with Crippen LogP contribution in [0.3, 0.4) is 0 Å². The zero-order chi connectivity index (χ0) is 28.7. The Kier molecular flexibility index (Phi) is 5.35. The molecule has 5 aromatic carbocycles. The fraction of sp³-hybridized carbons (Fsp3) is 0.0278. The van der Waals surface area contributed by atoms with Crippen molar-refractivity contribution >= 4 is 77.6 Å². The summed E-state index contributed by atoms with van der Waals surface area (Å²) in [6.07, 6.45) is 0. The monoisotopic (exact) mass is 750 g/mol. The second-order valence-electron chi connectivity index (χ2n) is 10.8. The number of nitrogens with zero attached hydrogens (tertiary/aromatic N) is 6. The van der Waals surface area contributed by atoms with Crippen LogP contribution < -0.4 is 3.53 Å². The number of imidazole rings is 1. The van der Waals surface area contributed by atoms with Gasteiger partial charge >= 0.3 is 263 Å². The van der Waals surface area contributed by atoms with E-state index in [9.17, 15) is 0 Å². The third-order valence-electron chi connectivity index (χ3n) is 8.31. The van der Waals surface area contributed by atoms with Crippen LogP contribution in [0.15, 0.2) is 121 Å². The maximum absolute atomic E-state index is 5.08. The van der Waals surface area contributed by atoms with Crippen molar-refractivity contribution in [1.82, 2.24) is 28.5 Å². The van der Waals surface area contributed by atoms with Gasteiger partial charge in [-0.15, -0.1) is 0 Å². The van der Waals surface area contributed by atoms with Gasteiger partial charge in [-0.25, -0.2) is 0 Å². The Balaban J connectivity index is 1.63. The molecule has 204 valence electrons. The van der Waals surface area contributed by atoms with Crippen LogP contribution in [0.2, 0.25) is 0 Å². The zero-order valence-electron chi connectivity index (χ0n) is 23.3. The summed E-state index contributed by atoms with van der Waals surface area (Å²) in [6.45, 7) is 1.97. The summed E-state index contributed by atoms with van der Waals surface area (Å²) in [4.78, 5) is 14.7. The quantitative estimate of drug-likeness (QED) is 0.193. The normalized spacial score (nSPS) is 12.0. The average molecular weight is 751 g/mol. The van der Waals surface area contributed by atoms with Crippen molar-refractivity contribution in [2.45, 2.75) is 6.92 Å². The van der Waals surface area contributed by atoms with Gasteiger partial charge in [0.05, 0.1) is 0 Å². The zero-order valence-corrected chi connectivity index (χ0v) is 27.8. The van der Waals surface area contributed by atoms with Gasteiger partial charge in [0.25, 0.3) is 0 Å². The van der Waals surface area contributed by atoms with Gasteiger partial charge in [0.2, 0.25) is 0 Å². The summed E-state index contributed by atoms with van der Waals surface area (Å²) < 4.78 is 8.02. The number of hydrogen-bond donors (Lipinski definition) is 0. The first-order valence-electron chi connectivity index (χ1n) is 14.3. The van der Waals surface area contributed by atoms with E-state index in [2.05, 4.69) is 140 Å². The number of rotatable bonds is 3. The Bertz CT molecular complexity index is 2500. The summed E-state index contributed by atoms with van der Waals surface area (Å²) in [5.74, 6) is 1.45. The molecular weight excluding hydrogens is 725 g/mol. The van der Waals surface area contributed by atoms with Crippen molar-refractivity contribution in [3.8, 4) is 22.8 Å². The topological polar surface area (TPSA) is 52.9 Å². The van der Waals surface area contributed by atoms with Crippen LogP contribution in [0, 0.1) is 6.92 Å². The Hall–Kier alpha value is -4.87. The fourth-order valence-electron chi connectivity index (χ4n) is 6.68. The van der Waals surface area contributed by atoms with Gasteiger partial charge in [0.1, 0.15) is 0 Å². The number of aromatic nitrogens is 6. The number of aryl methyl sites for hydroxylation is 1. The molecule has 0 amide bonds. The second-order valence-corrected chi connectivity index (χ2v) is 12.8. The van der Waals surface area contributed by atoms with Crippen molar-refractivity contribution in [2.75, 3.05) is 0 Å². The molecule has 7 heteroatoms. The molecule has 0 spiro atoms. The second kappa shape index (κ2) is 9.32. The maximum atomic E-state index is 5.08. The van der Waals surface area contributed by atoms with Crippen LogP contribution in [-0.4, -0.2) is 53.2 Å². The molecule has 0 saturated carbocycles. The number of para-hydroxylation sites is 4. The standard InChI is InChI=1S/C36H23N6.Bi.2H/c1-23-37-22-38-36(39-23)33-34-28(27-17-9-11-19-30(27)40(34)25-13-4-2-5-14-25)21-31-35(33)41(26-15-6-3-7-16-26)32-20-24-12-8-10-18-29(24)42(31)32;;;/h2-21H,1H3;;;. The van der Waals surface area contributed by atoms with E-state index in [1.165, 1.54) is 21.7 Å². The van der Waals surface area contributed by atoms with Gasteiger partial charge in [0.15, 0.2) is 0 Å². The molecule has 9 aromatic rings. The van der Waals surface area contributed by atoms with Crippen LogP contribution in [0.1, 0.15) is 5.82 Å². The number of fused-ring (bicyclic) bond motifs is 8. The van der Waals surface area contributed by atoms with Crippen molar-refractivity contribution in [3.05, 3.63) is 127 Å². The van der Waals surface area contributed by atoms with Crippen LogP contribution >= 0.6 is 0 Å². The molecule has 0 unspecified atom stereocenters. The third kappa shape index (κ3) is 3.58. The minimum absolute atomic E-state index is 0.487. The molecular formula is C36H25BiN6. The van der Waals surface area contributed by atoms with E-state index in [-0.39, 0.29) is 0 Å². The molecule has 0 N–H and O–H groups in total. The molecule has 0 radical (unpaired) electrons. The summed E-state index contributed by atoms with van der Waals surface area (Å²) >= 11 is 0.487. The van der Waals surface area contributed by atoms with Crippen LogP contribution in [0.4, 0.5) is 0 Å². The number of benzene rings is 5. The minimum atomic E-state index is 0.487. The summed E-state index contributed by atoms with van der Waals surface area (Å²) in [7, 11) is 0. The number of hydrogen-bond acceptors (Lipinski definition) is 3. The molecule has 0 aliphatic rings. The van der Waals surface area contributed by atoms with E-state index in [1.54, 1.807) is 0 Å². The molecule has 4 heterocycles. The van der Waals surface area contributed by atoms with Crippen LogP contribution in [0.25, 0.3) is 72.2 Å². The van der Waals surface area contributed by atoms with E-state index in [1.807, 2.05) is 6.92 Å². The van der Waals surface area contributed by atoms with Crippen molar-refractivity contribution < 1.29 is 0 Å². The van der Waals surface area contributed by atoms with E-state index in [0.717, 1.165) is 54.0 Å². The molecule has 4 aromatic heterocycles. The first kappa shape index (κ1) is 24.7. The Morgan fingerprint density at radius 2 is 1.21 bits per heavy atom. The van der Waals surface area contributed by atoms with E-state index >= 15 is 0 Å². The molecule has 0 bridgehead atoms. The van der Waals surface area contributed by atoms with Gasteiger partial charge in [-0.05, 0) is 0 Å². The molecule has 6 nitrogen and oxygen atoms in total. The molecule has 0 atom stereocenters. The average Bonchev–Trinajstić information content (AvgIpc) is 3.67. The SMILES string of the molecule is Cc1n[c]([BiH2])nc(-c2c3c(cc4c2n(-c2ccccc2)c2cc5ccccc5n42)c2ccccc2n3-c2ccccc2)n1. The van der Waals surface area contributed by atoms with Crippen molar-refractivity contribution in [1.29, 1.82) is 0 Å². The summed E-state index contributed by atoms with van der Waals surface area (Å²) in [5, 5.41) is 3.57. The van der Waals surface area contributed by atoms with E-state index < -0.39 is 0 Å². The van der Waals surface area contributed by atoms with Gasteiger partial charge in [-0.3, -0.25) is 0 Å². The predicted molar refractivity (Wildman–Crippen MR) is 178 cm³/mol. The van der Waals surface area contributed by atoms with Gasteiger partial charge < -0.3 is 0 Å². The Labute approximate surface area is 261 Å². The van der Waals surface area contributed by atoms with E-state index in [0.29, 0.717) is 30.5 Å². The molecule has 0 aliphatic carbocycles. The van der Waals surface area contributed by atoms with Gasteiger partial charge in [-0.2, -0.15) is 0 Å². The molecule has 0 saturated heterocycles.